The van der Waals surface area contributed by atoms with E-state index in [-0.39, 0.29) is 23.4 Å². The van der Waals surface area contributed by atoms with E-state index in [4.69, 9.17) is 19.9 Å². The fourth-order valence-corrected chi connectivity index (χ4v) is 5.26. The van der Waals surface area contributed by atoms with Gasteiger partial charge in [0.2, 0.25) is 5.91 Å². The molecule has 4 aliphatic rings. The van der Waals surface area contributed by atoms with Crippen molar-refractivity contribution in [2.75, 3.05) is 33.4 Å². The molecule has 32 heavy (non-hydrogen) atoms. The molecule has 2 bridgehead atoms. The molecular formula is C25H36N2O5. The molecule has 1 saturated carbocycles. The second-order valence-electron chi connectivity index (χ2n) is 9.77. The number of likely N-dealkylation sites (tertiary alicyclic amines) is 1. The van der Waals surface area contributed by atoms with E-state index < -0.39 is 6.04 Å². The lowest BCUT2D eigenvalue weighted by Gasteiger charge is -2.46. The average Bonchev–Trinajstić information content (AvgIpc) is 2.87. The van der Waals surface area contributed by atoms with Crippen molar-refractivity contribution in [3.8, 4) is 0 Å². The number of esters is 1. The van der Waals surface area contributed by atoms with Crippen LogP contribution in [-0.2, 0) is 19.0 Å². The number of carbonyl (C=O) groups is 2. The zero-order chi connectivity index (χ0) is 22.7. The molecule has 7 nitrogen and oxygen atoms in total. The van der Waals surface area contributed by atoms with E-state index in [9.17, 15) is 9.59 Å². The molecule has 4 fully saturated rings. The van der Waals surface area contributed by atoms with Crippen LogP contribution < -0.4 is 5.73 Å². The van der Waals surface area contributed by atoms with Crippen LogP contribution in [-0.4, -0.2) is 68.4 Å². The first-order valence-electron chi connectivity index (χ1n) is 11.9. The summed E-state index contributed by atoms with van der Waals surface area (Å²) in [6, 6.07) is 6.92. The Bertz CT molecular complexity index is 781. The van der Waals surface area contributed by atoms with Gasteiger partial charge in [0.15, 0.2) is 0 Å². The van der Waals surface area contributed by atoms with Crippen LogP contribution in [0.15, 0.2) is 24.3 Å². The molecule has 7 heteroatoms. The number of nitrogens with zero attached hydrogens (tertiary/aromatic N) is 1. The van der Waals surface area contributed by atoms with Gasteiger partial charge in [0.1, 0.15) is 6.04 Å². The molecule has 3 heterocycles. The SMILES string of the molecule is COC(=O)c1ccc(C2CCN(C(=O)[C@@H](N)[C@@H](C)OCC34CCC(CC3)OC4)CC2)cc1. The van der Waals surface area contributed by atoms with E-state index in [2.05, 4.69) is 0 Å². The maximum absolute atomic E-state index is 13.0. The van der Waals surface area contributed by atoms with Crippen molar-refractivity contribution in [3.05, 3.63) is 35.4 Å². The third-order valence-electron chi connectivity index (χ3n) is 7.67. The third-order valence-corrected chi connectivity index (χ3v) is 7.67. The smallest absolute Gasteiger partial charge is 0.337 e. The van der Waals surface area contributed by atoms with Gasteiger partial charge in [-0.15, -0.1) is 0 Å². The van der Waals surface area contributed by atoms with Gasteiger partial charge >= 0.3 is 5.97 Å². The molecule has 1 amide bonds. The molecule has 0 radical (unpaired) electrons. The highest BCUT2D eigenvalue weighted by molar-refractivity contribution is 5.89. The Morgan fingerprint density at radius 3 is 2.38 bits per heavy atom. The highest BCUT2D eigenvalue weighted by Gasteiger charge is 2.42. The average molecular weight is 445 g/mol. The minimum Gasteiger partial charge on any atom is -0.465 e. The van der Waals surface area contributed by atoms with Crippen molar-refractivity contribution in [1.82, 2.24) is 4.90 Å². The predicted octanol–water partition coefficient (Wildman–Crippen LogP) is 2.87. The van der Waals surface area contributed by atoms with Gasteiger partial charge in [-0.25, -0.2) is 4.79 Å². The Hall–Kier alpha value is -1.96. The van der Waals surface area contributed by atoms with Crippen molar-refractivity contribution < 1.29 is 23.8 Å². The first-order valence-corrected chi connectivity index (χ1v) is 11.9. The van der Waals surface area contributed by atoms with Gasteiger partial charge in [0.05, 0.1) is 38.1 Å². The Labute approximate surface area is 190 Å². The molecule has 3 saturated heterocycles. The number of piperidine rings is 1. The van der Waals surface area contributed by atoms with Crippen LogP contribution in [0, 0.1) is 5.41 Å². The topological polar surface area (TPSA) is 91.1 Å². The van der Waals surface area contributed by atoms with Crippen molar-refractivity contribution in [1.29, 1.82) is 0 Å². The Kier molecular flexibility index (Phi) is 7.17. The maximum atomic E-state index is 13.0. The third kappa shape index (κ3) is 5.00. The van der Waals surface area contributed by atoms with Gasteiger partial charge in [-0.05, 0) is 69.1 Å². The molecule has 0 unspecified atom stereocenters. The standard InChI is InChI=1S/C25H36N2O5/c1-17(31-15-25-11-7-21(8-12-25)32-16-25)22(26)23(28)27-13-9-19(10-14-27)18-3-5-20(6-4-18)24(29)30-2/h3-6,17,19,21-22H,7-16,26H2,1-2H3/t17-,21?,22+,25?/m1/s1. The molecule has 2 atom stereocenters. The molecule has 1 aromatic rings. The highest BCUT2D eigenvalue weighted by atomic mass is 16.5. The summed E-state index contributed by atoms with van der Waals surface area (Å²) in [6.07, 6.45) is 6.39. The summed E-state index contributed by atoms with van der Waals surface area (Å²) in [7, 11) is 1.38. The number of methoxy groups -OCH3 is 1. The van der Waals surface area contributed by atoms with Crippen molar-refractivity contribution in [2.24, 2.45) is 11.1 Å². The number of amides is 1. The molecular weight excluding hydrogens is 408 g/mol. The first kappa shape index (κ1) is 23.2. The number of nitrogens with two attached hydrogens (primary N) is 1. The number of hydrogen-bond acceptors (Lipinski definition) is 6. The van der Waals surface area contributed by atoms with E-state index >= 15 is 0 Å². The number of hydrogen-bond donors (Lipinski definition) is 1. The van der Waals surface area contributed by atoms with Crippen LogP contribution in [0.1, 0.15) is 67.3 Å². The highest BCUT2D eigenvalue weighted by Crippen LogP contribution is 2.43. The lowest BCUT2D eigenvalue weighted by Crippen LogP contribution is -2.53. The van der Waals surface area contributed by atoms with Crippen LogP contribution in [0.3, 0.4) is 0 Å². The number of fused-ring (bicyclic) bond motifs is 3. The maximum Gasteiger partial charge on any atom is 0.337 e. The second kappa shape index (κ2) is 9.89. The summed E-state index contributed by atoms with van der Waals surface area (Å²) in [6.45, 7) is 4.65. The summed E-state index contributed by atoms with van der Waals surface area (Å²) < 4.78 is 16.7. The van der Waals surface area contributed by atoms with Gasteiger partial charge in [-0.1, -0.05) is 12.1 Å². The molecule has 3 aliphatic heterocycles. The Morgan fingerprint density at radius 1 is 1.16 bits per heavy atom. The number of rotatable bonds is 7. The monoisotopic (exact) mass is 444 g/mol. The van der Waals surface area contributed by atoms with Crippen molar-refractivity contribution >= 4 is 11.9 Å². The summed E-state index contributed by atoms with van der Waals surface area (Å²) in [5.74, 6) is 0.0138. The summed E-state index contributed by atoms with van der Waals surface area (Å²) in [5, 5.41) is 0. The molecule has 1 aliphatic carbocycles. The van der Waals surface area contributed by atoms with E-state index in [0.29, 0.717) is 37.3 Å². The normalized spacial score (nSPS) is 27.7. The largest absolute Gasteiger partial charge is 0.465 e. The second-order valence-corrected chi connectivity index (χ2v) is 9.77. The van der Waals surface area contributed by atoms with Crippen LogP contribution >= 0.6 is 0 Å². The quantitative estimate of drug-likeness (QED) is 0.651. The number of ether oxygens (including phenoxy) is 3. The zero-order valence-electron chi connectivity index (χ0n) is 19.3. The van der Waals surface area contributed by atoms with E-state index in [1.54, 1.807) is 12.1 Å². The number of benzene rings is 1. The molecule has 0 spiro atoms. The Balaban J connectivity index is 1.24. The van der Waals surface area contributed by atoms with Crippen molar-refractivity contribution in [3.63, 3.8) is 0 Å². The number of carbonyl (C=O) groups excluding carboxylic acids is 2. The van der Waals surface area contributed by atoms with Gasteiger partial charge in [0.25, 0.3) is 0 Å². The molecule has 2 N–H and O–H groups in total. The molecule has 176 valence electrons. The van der Waals surface area contributed by atoms with Gasteiger partial charge in [-0.3, -0.25) is 4.79 Å². The van der Waals surface area contributed by atoms with Crippen LogP contribution in [0.2, 0.25) is 0 Å². The minimum absolute atomic E-state index is 0.0295. The summed E-state index contributed by atoms with van der Waals surface area (Å²) in [5.41, 5.74) is 8.16. The van der Waals surface area contributed by atoms with Crippen LogP contribution in [0.25, 0.3) is 0 Å². The molecule has 1 aromatic carbocycles. The Morgan fingerprint density at radius 2 is 1.81 bits per heavy atom. The summed E-state index contributed by atoms with van der Waals surface area (Å²) >= 11 is 0. The van der Waals surface area contributed by atoms with Crippen molar-refractivity contribution in [2.45, 2.75) is 69.6 Å². The zero-order valence-corrected chi connectivity index (χ0v) is 19.3. The lowest BCUT2D eigenvalue weighted by molar-refractivity contribution is -0.155. The summed E-state index contributed by atoms with van der Waals surface area (Å²) in [4.78, 5) is 26.5. The van der Waals surface area contributed by atoms with Gasteiger partial charge in [0, 0.05) is 18.5 Å². The van der Waals surface area contributed by atoms with Gasteiger partial charge < -0.3 is 24.8 Å². The fraction of sp³-hybridized carbons (Fsp3) is 0.680. The van der Waals surface area contributed by atoms with E-state index in [1.807, 2.05) is 24.0 Å². The lowest BCUT2D eigenvalue weighted by atomic mass is 9.72. The fourth-order valence-electron chi connectivity index (χ4n) is 5.26. The van der Waals surface area contributed by atoms with E-state index in [0.717, 1.165) is 45.1 Å². The van der Waals surface area contributed by atoms with Gasteiger partial charge in [-0.2, -0.15) is 0 Å². The molecule has 5 rings (SSSR count). The van der Waals surface area contributed by atoms with Crippen LogP contribution in [0.4, 0.5) is 0 Å². The minimum atomic E-state index is -0.650. The predicted molar refractivity (Wildman–Crippen MR) is 120 cm³/mol. The van der Waals surface area contributed by atoms with E-state index in [1.165, 1.54) is 12.7 Å². The molecule has 0 aromatic heterocycles. The first-order chi connectivity index (χ1) is 15.4. The van der Waals surface area contributed by atoms with Crippen LogP contribution in [0.5, 0.6) is 0 Å².